The summed E-state index contributed by atoms with van der Waals surface area (Å²) in [6, 6.07) is 9.25. The lowest BCUT2D eigenvalue weighted by Crippen LogP contribution is -2.25. The third-order valence-electron chi connectivity index (χ3n) is 7.17. The van der Waals surface area contributed by atoms with E-state index in [0.717, 1.165) is 43.3 Å². The third kappa shape index (κ3) is 6.34. The molecule has 0 aliphatic heterocycles. The summed E-state index contributed by atoms with van der Waals surface area (Å²) in [5.41, 5.74) is 2.83. The van der Waals surface area contributed by atoms with Gasteiger partial charge < -0.3 is 4.74 Å². The molecule has 0 spiro atoms. The number of hydrogen-bond donors (Lipinski definition) is 0. The van der Waals surface area contributed by atoms with Gasteiger partial charge in [-0.1, -0.05) is 49.4 Å². The van der Waals surface area contributed by atoms with Gasteiger partial charge in [-0.3, -0.25) is 0 Å². The molecule has 2 aliphatic carbocycles. The summed E-state index contributed by atoms with van der Waals surface area (Å²) in [6.07, 6.45) is 20.2. The van der Waals surface area contributed by atoms with E-state index in [-0.39, 0.29) is 0 Å². The summed E-state index contributed by atoms with van der Waals surface area (Å²) in [7, 11) is 0. The lowest BCUT2D eigenvalue weighted by atomic mass is 9.68. The van der Waals surface area contributed by atoms with Crippen LogP contribution >= 0.6 is 0 Å². The lowest BCUT2D eigenvalue weighted by Gasteiger charge is -2.38. The standard InChI is InChI=1S/C27H40O/c1-3-5-6-20-28-21-23-10-14-25(15-11-23)27-18-16-26(17-19-27)24-12-8-22(7-4-2)9-13-24/h4-6,10-11,14-15,22,24,26-27H,2-3,7-9,12-13,16-21H2,1H3. The van der Waals surface area contributed by atoms with Crippen molar-refractivity contribution in [3.63, 3.8) is 0 Å². The maximum absolute atomic E-state index is 5.72. The van der Waals surface area contributed by atoms with Crippen molar-refractivity contribution in [3.8, 4) is 0 Å². The monoisotopic (exact) mass is 380 g/mol. The van der Waals surface area contributed by atoms with E-state index in [1.807, 2.05) is 0 Å². The maximum Gasteiger partial charge on any atom is 0.0721 e. The first-order valence-electron chi connectivity index (χ1n) is 11.7. The summed E-state index contributed by atoms with van der Waals surface area (Å²) < 4.78 is 5.72. The molecule has 0 aromatic heterocycles. The number of ether oxygens (including phenoxy) is 1. The Bertz CT molecular complexity index is 583. The van der Waals surface area contributed by atoms with Crippen LogP contribution in [0.3, 0.4) is 0 Å². The van der Waals surface area contributed by atoms with E-state index in [2.05, 4.69) is 56.0 Å². The van der Waals surface area contributed by atoms with Gasteiger partial charge in [0, 0.05) is 0 Å². The lowest BCUT2D eigenvalue weighted by molar-refractivity contribution is 0.148. The van der Waals surface area contributed by atoms with Crippen molar-refractivity contribution in [2.45, 2.75) is 83.7 Å². The fraction of sp³-hybridized carbons (Fsp3) is 0.630. The van der Waals surface area contributed by atoms with E-state index >= 15 is 0 Å². The Balaban J connectivity index is 1.40. The van der Waals surface area contributed by atoms with Crippen LogP contribution in [0.1, 0.15) is 88.2 Å². The first-order valence-corrected chi connectivity index (χ1v) is 11.7. The molecule has 2 fully saturated rings. The molecule has 0 atom stereocenters. The highest BCUT2D eigenvalue weighted by atomic mass is 16.5. The van der Waals surface area contributed by atoms with E-state index in [9.17, 15) is 0 Å². The molecule has 0 heterocycles. The highest BCUT2D eigenvalue weighted by molar-refractivity contribution is 5.25. The van der Waals surface area contributed by atoms with Crippen LogP contribution < -0.4 is 0 Å². The molecule has 1 aromatic carbocycles. The average Bonchev–Trinajstić information content (AvgIpc) is 2.75. The SMILES string of the molecule is C=CCC1CCC(C2CCC(c3ccc(COCC=CCC)cc3)CC2)CC1. The van der Waals surface area contributed by atoms with Crippen molar-refractivity contribution in [1.82, 2.24) is 0 Å². The zero-order valence-corrected chi connectivity index (χ0v) is 18.0. The molecule has 0 unspecified atom stereocenters. The molecular formula is C27H40O. The van der Waals surface area contributed by atoms with Gasteiger partial charge in [0.05, 0.1) is 13.2 Å². The second kappa shape index (κ2) is 11.6. The van der Waals surface area contributed by atoms with Crippen molar-refractivity contribution >= 4 is 0 Å². The van der Waals surface area contributed by atoms with Gasteiger partial charge in [0.1, 0.15) is 0 Å². The normalized spacial score (nSPS) is 28.5. The van der Waals surface area contributed by atoms with Crippen LogP contribution in [0.4, 0.5) is 0 Å². The Morgan fingerprint density at radius 2 is 1.54 bits per heavy atom. The largest absolute Gasteiger partial charge is 0.373 e. The molecule has 0 amide bonds. The summed E-state index contributed by atoms with van der Waals surface area (Å²) in [4.78, 5) is 0. The Morgan fingerprint density at radius 1 is 0.893 bits per heavy atom. The molecule has 2 saturated carbocycles. The van der Waals surface area contributed by atoms with Crippen molar-refractivity contribution in [1.29, 1.82) is 0 Å². The molecule has 1 aromatic rings. The third-order valence-corrected chi connectivity index (χ3v) is 7.17. The number of allylic oxidation sites excluding steroid dienone is 2. The first-order chi connectivity index (χ1) is 13.8. The van der Waals surface area contributed by atoms with Gasteiger partial charge in [0.25, 0.3) is 0 Å². The van der Waals surface area contributed by atoms with Crippen LogP contribution in [0.2, 0.25) is 0 Å². The summed E-state index contributed by atoms with van der Waals surface area (Å²) in [5.74, 6) is 3.69. The number of rotatable bonds is 9. The molecule has 0 bridgehead atoms. The molecule has 28 heavy (non-hydrogen) atoms. The first kappa shape index (κ1) is 21.4. The van der Waals surface area contributed by atoms with Crippen molar-refractivity contribution in [3.05, 3.63) is 60.2 Å². The number of benzene rings is 1. The maximum atomic E-state index is 5.72. The van der Waals surface area contributed by atoms with Gasteiger partial charge in [-0.05, 0) is 99.0 Å². The molecule has 2 aliphatic rings. The summed E-state index contributed by atoms with van der Waals surface area (Å²) in [5, 5.41) is 0. The topological polar surface area (TPSA) is 9.23 Å². The van der Waals surface area contributed by atoms with E-state index in [0.29, 0.717) is 0 Å². The number of hydrogen-bond acceptors (Lipinski definition) is 1. The molecule has 154 valence electrons. The molecule has 1 nitrogen and oxygen atoms in total. The van der Waals surface area contributed by atoms with Crippen LogP contribution in [0.15, 0.2) is 49.1 Å². The minimum absolute atomic E-state index is 0.717. The van der Waals surface area contributed by atoms with E-state index < -0.39 is 0 Å². The van der Waals surface area contributed by atoms with E-state index in [4.69, 9.17) is 4.74 Å². The van der Waals surface area contributed by atoms with Crippen molar-refractivity contribution in [2.75, 3.05) is 6.61 Å². The minimum Gasteiger partial charge on any atom is -0.373 e. The van der Waals surface area contributed by atoms with Gasteiger partial charge >= 0.3 is 0 Å². The van der Waals surface area contributed by atoms with Crippen LogP contribution in [0.5, 0.6) is 0 Å². The van der Waals surface area contributed by atoms with Gasteiger partial charge in [0.15, 0.2) is 0 Å². The van der Waals surface area contributed by atoms with Crippen LogP contribution in [-0.4, -0.2) is 6.61 Å². The van der Waals surface area contributed by atoms with Crippen molar-refractivity contribution < 1.29 is 4.74 Å². The quantitative estimate of drug-likeness (QED) is 0.313. The zero-order valence-electron chi connectivity index (χ0n) is 18.0. The molecular weight excluding hydrogens is 340 g/mol. The van der Waals surface area contributed by atoms with Gasteiger partial charge in [-0.15, -0.1) is 6.58 Å². The zero-order chi connectivity index (χ0) is 19.6. The minimum atomic E-state index is 0.717. The molecule has 3 rings (SSSR count). The average molecular weight is 381 g/mol. The molecule has 0 N–H and O–H groups in total. The highest BCUT2D eigenvalue weighted by Crippen LogP contribution is 2.44. The van der Waals surface area contributed by atoms with Crippen LogP contribution in [-0.2, 0) is 11.3 Å². The fourth-order valence-corrected chi connectivity index (χ4v) is 5.42. The Hall–Kier alpha value is -1.34. The second-order valence-corrected chi connectivity index (χ2v) is 9.05. The predicted molar refractivity (Wildman–Crippen MR) is 120 cm³/mol. The van der Waals surface area contributed by atoms with Gasteiger partial charge in [-0.2, -0.15) is 0 Å². The van der Waals surface area contributed by atoms with E-state index in [1.165, 1.54) is 63.4 Å². The van der Waals surface area contributed by atoms with E-state index in [1.54, 1.807) is 5.56 Å². The van der Waals surface area contributed by atoms with Gasteiger partial charge in [0.2, 0.25) is 0 Å². The Morgan fingerprint density at radius 3 is 2.14 bits per heavy atom. The van der Waals surface area contributed by atoms with Crippen molar-refractivity contribution in [2.24, 2.45) is 17.8 Å². The molecule has 0 saturated heterocycles. The Kier molecular flexibility index (Phi) is 8.86. The Labute approximate surface area is 173 Å². The smallest absolute Gasteiger partial charge is 0.0721 e. The molecule has 1 heteroatoms. The summed E-state index contributed by atoms with van der Waals surface area (Å²) in [6.45, 7) is 7.51. The van der Waals surface area contributed by atoms with Crippen LogP contribution in [0, 0.1) is 17.8 Å². The van der Waals surface area contributed by atoms with Gasteiger partial charge in [-0.25, -0.2) is 0 Å². The fourth-order valence-electron chi connectivity index (χ4n) is 5.42. The van der Waals surface area contributed by atoms with Crippen LogP contribution in [0.25, 0.3) is 0 Å². The highest BCUT2D eigenvalue weighted by Gasteiger charge is 2.30. The molecule has 0 radical (unpaired) electrons. The second-order valence-electron chi connectivity index (χ2n) is 9.05. The predicted octanol–water partition coefficient (Wildman–Crippen LogP) is 7.83. The summed E-state index contributed by atoms with van der Waals surface area (Å²) >= 11 is 0.